The summed E-state index contributed by atoms with van der Waals surface area (Å²) < 4.78 is 28.9. The van der Waals surface area contributed by atoms with Crippen molar-refractivity contribution in [2.45, 2.75) is 13.0 Å². The number of nitrogens with one attached hydrogen (secondary N) is 2. The van der Waals surface area contributed by atoms with E-state index in [1.165, 1.54) is 36.8 Å². The maximum absolute atomic E-state index is 14.9. The van der Waals surface area contributed by atoms with E-state index in [9.17, 15) is 8.78 Å². The summed E-state index contributed by atoms with van der Waals surface area (Å²) in [6.07, 6.45) is 2.89. The van der Waals surface area contributed by atoms with Gasteiger partial charge in [-0.3, -0.25) is 0 Å². The first-order valence-corrected chi connectivity index (χ1v) is 9.44. The molecule has 0 bridgehead atoms. The van der Waals surface area contributed by atoms with Gasteiger partial charge >= 0.3 is 0 Å². The Morgan fingerprint density at radius 2 is 2.00 bits per heavy atom. The molecule has 2 aromatic carbocycles. The van der Waals surface area contributed by atoms with Crippen LogP contribution in [-0.4, -0.2) is 30.1 Å². The standard InChI is InChI=1S/C21H16F2N8/c1-10(28-21-29-19(24)18-20(30-21)26-9-25-18)14-8-15(23)13-5-6-27-31-17(13)16(14)11-3-2-4-12(22)7-11/h2-10H,1H3,(H4,24,25,26,28,29,30). The Labute approximate surface area is 174 Å². The molecule has 0 fully saturated rings. The van der Waals surface area contributed by atoms with E-state index in [1.807, 2.05) is 6.92 Å². The molecule has 3 heterocycles. The maximum Gasteiger partial charge on any atom is 0.227 e. The normalized spacial score (nSPS) is 12.4. The molecule has 5 rings (SSSR count). The van der Waals surface area contributed by atoms with Crippen LogP contribution in [0.25, 0.3) is 33.2 Å². The highest BCUT2D eigenvalue weighted by Gasteiger charge is 2.21. The number of aromatic amines is 1. The Hall–Kier alpha value is -4.21. The molecule has 4 N–H and O–H groups in total. The van der Waals surface area contributed by atoms with Gasteiger partial charge in [0.2, 0.25) is 5.95 Å². The van der Waals surface area contributed by atoms with Crippen LogP contribution in [0, 0.1) is 11.6 Å². The third kappa shape index (κ3) is 3.27. The second kappa shape index (κ2) is 7.24. The minimum Gasteiger partial charge on any atom is -0.382 e. The van der Waals surface area contributed by atoms with Crippen LogP contribution in [0.2, 0.25) is 0 Å². The highest BCUT2D eigenvalue weighted by molar-refractivity contribution is 5.96. The Balaban J connectivity index is 1.66. The smallest absolute Gasteiger partial charge is 0.227 e. The number of nitrogen functional groups attached to an aromatic ring is 1. The molecule has 0 saturated carbocycles. The lowest BCUT2D eigenvalue weighted by Gasteiger charge is -2.20. The first-order valence-electron chi connectivity index (χ1n) is 9.44. The van der Waals surface area contributed by atoms with Gasteiger partial charge in [-0.05, 0) is 42.3 Å². The lowest BCUT2D eigenvalue weighted by molar-refractivity contribution is 0.628. The lowest BCUT2D eigenvalue weighted by Crippen LogP contribution is -2.13. The van der Waals surface area contributed by atoms with Crippen LogP contribution >= 0.6 is 0 Å². The van der Waals surface area contributed by atoms with Crippen molar-refractivity contribution in [3.8, 4) is 11.1 Å². The third-order valence-electron chi connectivity index (χ3n) is 5.02. The van der Waals surface area contributed by atoms with Gasteiger partial charge in [-0.2, -0.15) is 15.1 Å². The van der Waals surface area contributed by atoms with Crippen LogP contribution < -0.4 is 11.1 Å². The molecule has 0 saturated heterocycles. The molecule has 1 unspecified atom stereocenters. The number of hydrogen-bond donors (Lipinski definition) is 3. The number of aromatic nitrogens is 6. The topological polar surface area (TPSA) is 118 Å². The predicted octanol–water partition coefficient (Wildman–Crippen LogP) is 4.00. The van der Waals surface area contributed by atoms with Crippen molar-refractivity contribution in [1.82, 2.24) is 30.1 Å². The summed E-state index contributed by atoms with van der Waals surface area (Å²) in [6, 6.07) is 8.52. The molecule has 0 aliphatic heterocycles. The fraction of sp³-hybridized carbons (Fsp3) is 0.0952. The Morgan fingerprint density at radius 1 is 1.13 bits per heavy atom. The molecular weight excluding hydrogens is 402 g/mol. The molecule has 0 aliphatic carbocycles. The number of nitrogens with two attached hydrogens (primary N) is 1. The number of H-pyrrole nitrogens is 1. The first kappa shape index (κ1) is 18.8. The van der Waals surface area contributed by atoms with Crippen LogP contribution in [0.4, 0.5) is 20.5 Å². The zero-order chi connectivity index (χ0) is 21.5. The maximum atomic E-state index is 14.9. The fourth-order valence-electron chi connectivity index (χ4n) is 3.61. The zero-order valence-corrected chi connectivity index (χ0v) is 16.3. The van der Waals surface area contributed by atoms with Crippen molar-refractivity contribution in [1.29, 1.82) is 0 Å². The second-order valence-corrected chi connectivity index (χ2v) is 7.03. The van der Waals surface area contributed by atoms with E-state index in [-0.39, 0.29) is 11.8 Å². The largest absolute Gasteiger partial charge is 0.382 e. The summed E-state index contributed by atoms with van der Waals surface area (Å²) in [5.74, 6) is -0.407. The minimum absolute atomic E-state index is 0.231. The average molecular weight is 418 g/mol. The highest BCUT2D eigenvalue weighted by Crippen LogP contribution is 2.36. The number of nitrogens with zero attached hydrogens (tertiary/aromatic N) is 5. The van der Waals surface area contributed by atoms with Gasteiger partial charge in [0.25, 0.3) is 0 Å². The van der Waals surface area contributed by atoms with E-state index < -0.39 is 17.7 Å². The minimum atomic E-state index is -0.477. The summed E-state index contributed by atoms with van der Waals surface area (Å²) >= 11 is 0. The van der Waals surface area contributed by atoms with Gasteiger partial charge in [0.05, 0.1) is 18.6 Å². The number of anilines is 2. The van der Waals surface area contributed by atoms with Gasteiger partial charge < -0.3 is 16.0 Å². The van der Waals surface area contributed by atoms with Gasteiger partial charge in [-0.25, -0.2) is 13.8 Å². The molecule has 8 nitrogen and oxygen atoms in total. The molecule has 3 aromatic heterocycles. The highest BCUT2D eigenvalue weighted by atomic mass is 19.1. The van der Waals surface area contributed by atoms with Gasteiger partial charge in [0.15, 0.2) is 11.5 Å². The average Bonchev–Trinajstić information content (AvgIpc) is 3.23. The number of hydrogen-bond acceptors (Lipinski definition) is 7. The SMILES string of the molecule is CC(Nc1nc(N)c2[nH]cnc2n1)c1cc(F)c2ccnnc2c1-c1cccc(F)c1. The van der Waals surface area contributed by atoms with Gasteiger partial charge in [-0.15, -0.1) is 5.10 Å². The number of benzene rings is 2. The summed E-state index contributed by atoms with van der Waals surface area (Å²) in [7, 11) is 0. The van der Waals surface area contributed by atoms with Crippen molar-refractivity contribution < 1.29 is 8.78 Å². The van der Waals surface area contributed by atoms with Crippen LogP contribution in [0.3, 0.4) is 0 Å². The molecule has 0 spiro atoms. The quantitative estimate of drug-likeness (QED) is 0.404. The van der Waals surface area contributed by atoms with Gasteiger partial charge in [0, 0.05) is 10.9 Å². The Bertz CT molecular complexity index is 1430. The van der Waals surface area contributed by atoms with E-state index >= 15 is 0 Å². The molecule has 0 aliphatic rings. The van der Waals surface area contributed by atoms with E-state index in [0.717, 1.165) is 0 Å². The summed E-state index contributed by atoms with van der Waals surface area (Å²) in [6.45, 7) is 1.81. The molecule has 0 radical (unpaired) electrons. The second-order valence-electron chi connectivity index (χ2n) is 7.03. The molecule has 154 valence electrons. The number of halogens is 2. The Kier molecular flexibility index (Phi) is 4.39. The molecule has 5 aromatic rings. The Morgan fingerprint density at radius 3 is 2.84 bits per heavy atom. The van der Waals surface area contributed by atoms with Crippen LogP contribution in [-0.2, 0) is 0 Å². The number of imidazole rings is 1. The predicted molar refractivity (Wildman–Crippen MR) is 113 cm³/mol. The zero-order valence-electron chi connectivity index (χ0n) is 16.3. The summed E-state index contributed by atoms with van der Waals surface area (Å²) in [5.41, 5.74) is 8.90. The van der Waals surface area contributed by atoms with Crippen molar-refractivity contribution >= 4 is 33.8 Å². The molecule has 0 amide bonds. The van der Waals surface area contributed by atoms with Crippen molar-refractivity contribution in [3.63, 3.8) is 0 Å². The van der Waals surface area contributed by atoms with Crippen molar-refractivity contribution in [2.24, 2.45) is 0 Å². The summed E-state index contributed by atoms with van der Waals surface area (Å²) in [5, 5.41) is 11.5. The van der Waals surface area contributed by atoms with Crippen LogP contribution in [0.15, 0.2) is 48.9 Å². The molecule has 10 heteroatoms. The molecule has 1 atom stereocenters. The molecular formula is C21H16F2N8. The third-order valence-corrected chi connectivity index (χ3v) is 5.02. The van der Waals surface area contributed by atoms with Crippen LogP contribution in [0.1, 0.15) is 18.5 Å². The van der Waals surface area contributed by atoms with Gasteiger partial charge in [0.1, 0.15) is 22.7 Å². The van der Waals surface area contributed by atoms with E-state index in [0.29, 0.717) is 38.8 Å². The van der Waals surface area contributed by atoms with Crippen LogP contribution in [0.5, 0.6) is 0 Å². The lowest BCUT2D eigenvalue weighted by atomic mass is 9.92. The van der Waals surface area contributed by atoms with Gasteiger partial charge in [-0.1, -0.05) is 12.1 Å². The fourth-order valence-corrected chi connectivity index (χ4v) is 3.61. The van der Waals surface area contributed by atoms with E-state index in [1.54, 1.807) is 12.1 Å². The summed E-state index contributed by atoms with van der Waals surface area (Å²) in [4.78, 5) is 15.6. The monoisotopic (exact) mass is 418 g/mol. The van der Waals surface area contributed by atoms with Crippen molar-refractivity contribution in [3.05, 3.63) is 66.1 Å². The van der Waals surface area contributed by atoms with E-state index in [2.05, 4.69) is 35.5 Å². The van der Waals surface area contributed by atoms with E-state index in [4.69, 9.17) is 5.73 Å². The number of rotatable bonds is 4. The first-order chi connectivity index (χ1) is 15.0. The van der Waals surface area contributed by atoms with Crippen molar-refractivity contribution in [2.75, 3.05) is 11.1 Å². The molecule has 31 heavy (non-hydrogen) atoms. The number of fused-ring (bicyclic) bond motifs is 2.